The first-order valence-electron chi connectivity index (χ1n) is 8.26. The summed E-state index contributed by atoms with van der Waals surface area (Å²) in [4.78, 5) is 4.87. The number of hydrogen-bond acceptors (Lipinski definition) is 5. The number of hydrogen-bond donors (Lipinski definition) is 1. The van der Waals surface area contributed by atoms with Gasteiger partial charge in [-0.2, -0.15) is 0 Å². The maximum atomic E-state index is 8.68. The lowest BCUT2D eigenvalue weighted by molar-refractivity contribution is 0.0594. The molecular formula is C18H28N2O3. The molecule has 1 fully saturated rings. The molecule has 0 amide bonds. The second kappa shape index (κ2) is 10.4. The van der Waals surface area contributed by atoms with Crippen LogP contribution in [-0.4, -0.2) is 81.1 Å². The summed E-state index contributed by atoms with van der Waals surface area (Å²) in [5.74, 6) is 0.913. The van der Waals surface area contributed by atoms with E-state index in [4.69, 9.17) is 14.6 Å². The van der Waals surface area contributed by atoms with Crippen LogP contribution in [0.3, 0.4) is 0 Å². The lowest BCUT2D eigenvalue weighted by Crippen LogP contribution is -2.47. The molecule has 23 heavy (non-hydrogen) atoms. The third-order valence-electron chi connectivity index (χ3n) is 4.05. The van der Waals surface area contributed by atoms with Crippen LogP contribution in [0.5, 0.6) is 5.75 Å². The highest BCUT2D eigenvalue weighted by molar-refractivity contribution is 5.57. The van der Waals surface area contributed by atoms with Crippen molar-refractivity contribution < 1.29 is 14.6 Å². The number of para-hydroxylation sites is 1. The minimum absolute atomic E-state index is 0.103. The van der Waals surface area contributed by atoms with Gasteiger partial charge in [0.2, 0.25) is 0 Å². The summed E-state index contributed by atoms with van der Waals surface area (Å²) in [5.41, 5.74) is 1.12. The number of aliphatic hydroxyl groups excluding tert-OH is 1. The second-order valence-corrected chi connectivity index (χ2v) is 5.62. The highest BCUT2D eigenvalue weighted by Gasteiger charge is 2.15. The number of rotatable bonds is 9. The van der Waals surface area contributed by atoms with E-state index in [1.54, 1.807) is 7.11 Å². The zero-order valence-corrected chi connectivity index (χ0v) is 14.0. The molecule has 0 bridgehead atoms. The van der Waals surface area contributed by atoms with Crippen LogP contribution in [-0.2, 0) is 4.74 Å². The molecule has 0 aliphatic carbocycles. The summed E-state index contributed by atoms with van der Waals surface area (Å²) in [7, 11) is 1.70. The molecule has 1 aromatic rings. The average molecular weight is 320 g/mol. The van der Waals surface area contributed by atoms with Crippen LogP contribution in [0.1, 0.15) is 5.56 Å². The quantitative estimate of drug-likeness (QED) is 0.696. The SMILES string of the molecule is COc1ccccc1/C=C/CN1CCN(CCOCCO)CC1. The molecule has 0 saturated carbocycles. The fourth-order valence-corrected chi connectivity index (χ4v) is 2.69. The summed E-state index contributed by atoms with van der Waals surface area (Å²) in [6.45, 7) is 7.47. The molecule has 0 spiro atoms. The fraction of sp³-hybridized carbons (Fsp3) is 0.556. The Labute approximate surface area is 139 Å². The van der Waals surface area contributed by atoms with Crippen LogP contribution >= 0.6 is 0 Å². The molecular weight excluding hydrogens is 292 g/mol. The van der Waals surface area contributed by atoms with E-state index < -0.39 is 0 Å². The summed E-state index contributed by atoms with van der Waals surface area (Å²) in [6, 6.07) is 8.07. The number of ether oxygens (including phenoxy) is 2. The molecule has 1 N–H and O–H groups in total. The van der Waals surface area contributed by atoms with Crippen molar-refractivity contribution in [1.82, 2.24) is 9.80 Å². The predicted molar refractivity (Wildman–Crippen MR) is 92.8 cm³/mol. The largest absolute Gasteiger partial charge is 0.496 e. The van der Waals surface area contributed by atoms with Crippen molar-refractivity contribution in [3.05, 3.63) is 35.9 Å². The lowest BCUT2D eigenvalue weighted by Gasteiger charge is -2.34. The Hall–Kier alpha value is -1.40. The van der Waals surface area contributed by atoms with Crippen LogP contribution in [0.25, 0.3) is 6.08 Å². The second-order valence-electron chi connectivity index (χ2n) is 5.62. The Morgan fingerprint density at radius 2 is 1.83 bits per heavy atom. The molecule has 5 heteroatoms. The van der Waals surface area contributed by atoms with Crippen molar-refractivity contribution in [2.24, 2.45) is 0 Å². The highest BCUT2D eigenvalue weighted by Crippen LogP contribution is 2.18. The van der Waals surface area contributed by atoms with Gasteiger partial charge in [0.05, 0.1) is 26.9 Å². The molecule has 0 unspecified atom stereocenters. The van der Waals surface area contributed by atoms with Crippen molar-refractivity contribution in [2.45, 2.75) is 0 Å². The van der Waals surface area contributed by atoms with Gasteiger partial charge in [-0.3, -0.25) is 9.80 Å². The average Bonchev–Trinajstić information content (AvgIpc) is 2.60. The van der Waals surface area contributed by atoms with E-state index in [-0.39, 0.29) is 6.61 Å². The van der Waals surface area contributed by atoms with E-state index in [0.717, 1.165) is 50.6 Å². The molecule has 1 aliphatic heterocycles. The molecule has 128 valence electrons. The predicted octanol–water partition coefficient (Wildman–Crippen LogP) is 1.33. The maximum absolute atomic E-state index is 8.68. The molecule has 0 radical (unpaired) electrons. The lowest BCUT2D eigenvalue weighted by atomic mass is 10.2. The van der Waals surface area contributed by atoms with Crippen LogP contribution < -0.4 is 4.74 Å². The van der Waals surface area contributed by atoms with Crippen LogP contribution in [0.4, 0.5) is 0 Å². The maximum Gasteiger partial charge on any atom is 0.126 e. The van der Waals surface area contributed by atoms with E-state index >= 15 is 0 Å². The summed E-state index contributed by atoms with van der Waals surface area (Å²) in [5, 5.41) is 8.68. The monoisotopic (exact) mass is 320 g/mol. The first kappa shape index (κ1) is 17.9. The number of piperazine rings is 1. The van der Waals surface area contributed by atoms with Gasteiger partial charge >= 0.3 is 0 Å². The highest BCUT2D eigenvalue weighted by atomic mass is 16.5. The number of aliphatic hydroxyl groups is 1. The van der Waals surface area contributed by atoms with Crippen molar-refractivity contribution in [3.8, 4) is 5.75 Å². The van der Waals surface area contributed by atoms with Crippen molar-refractivity contribution in [3.63, 3.8) is 0 Å². The van der Waals surface area contributed by atoms with Crippen molar-refractivity contribution in [1.29, 1.82) is 0 Å². The van der Waals surface area contributed by atoms with E-state index in [2.05, 4.69) is 28.0 Å². The minimum atomic E-state index is 0.103. The Morgan fingerprint density at radius 3 is 2.57 bits per heavy atom. The fourth-order valence-electron chi connectivity index (χ4n) is 2.69. The van der Waals surface area contributed by atoms with Gasteiger partial charge in [0.25, 0.3) is 0 Å². The third-order valence-corrected chi connectivity index (χ3v) is 4.05. The first-order chi connectivity index (χ1) is 11.3. The van der Waals surface area contributed by atoms with Crippen LogP contribution in [0.2, 0.25) is 0 Å². The Morgan fingerprint density at radius 1 is 1.09 bits per heavy atom. The summed E-state index contributed by atoms with van der Waals surface area (Å²) >= 11 is 0. The van der Waals surface area contributed by atoms with Gasteiger partial charge in [0, 0.05) is 44.8 Å². The van der Waals surface area contributed by atoms with Gasteiger partial charge in [0.15, 0.2) is 0 Å². The van der Waals surface area contributed by atoms with E-state index in [1.807, 2.05) is 18.2 Å². The Bertz CT molecular complexity index is 471. The zero-order chi connectivity index (χ0) is 16.3. The van der Waals surface area contributed by atoms with E-state index in [1.165, 1.54) is 0 Å². The number of benzene rings is 1. The third kappa shape index (κ3) is 6.31. The Kier molecular flexibility index (Phi) is 8.11. The number of nitrogens with zero attached hydrogens (tertiary/aromatic N) is 2. The first-order valence-corrected chi connectivity index (χ1v) is 8.26. The molecule has 5 nitrogen and oxygen atoms in total. The van der Waals surface area contributed by atoms with E-state index in [9.17, 15) is 0 Å². The van der Waals surface area contributed by atoms with Gasteiger partial charge in [-0.05, 0) is 6.07 Å². The van der Waals surface area contributed by atoms with Gasteiger partial charge in [-0.25, -0.2) is 0 Å². The normalized spacial score (nSPS) is 17.0. The minimum Gasteiger partial charge on any atom is -0.496 e. The van der Waals surface area contributed by atoms with Crippen LogP contribution in [0, 0.1) is 0 Å². The van der Waals surface area contributed by atoms with Gasteiger partial charge < -0.3 is 14.6 Å². The summed E-state index contributed by atoms with van der Waals surface area (Å²) < 4.78 is 10.7. The topological polar surface area (TPSA) is 45.2 Å². The van der Waals surface area contributed by atoms with Gasteiger partial charge in [0.1, 0.15) is 5.75 Å². The molecule has 1 aliphatic rings. The smallest absolute Gasteiger partial charge is 0.126 e. The summed E-state index contributed by atoms with van der Waals surface area (Å²) in [6.07, 6.45) is 4.34. The molecule has 1 heterocycles. The molecule has 0 atom stereocenters. The molecule has 2 rings (SSSR count). The Balaban J connectivity index is 1.67. The van der Waals surface area contributed by atoms with E-state index in [0.29, 0.717) is 13.2 Å². The molecule has 0 aromatic heterocycles. The van der Waals surface area contributed by atoms with Gasteiger partial charge in [-0.15, -0.1) is 0 Å². The van der Waals surface area contributed by atoms with Crippen LogP contribution in [0.15, 0.2) is 30.3 Å². The van der Waals surface area contributed by atoms with Crippen molar-refractivity contribution >= 4 is 6.08 Å². The molecule has 1 aromatic carbocycles. The van der Waals surface area contributed by atoms with Crippen molar-refractivity contribution in [2.75, 3.05) is 66.2 Å². The standard InChI is InChI=1S/C18H28N2O3/c1-22-18-7-3-2-5-17(18)6-4-8-19-9-11-20(12-10-19)13-15-23-16-14-21/h2-7,21H,8-16H2,1H3/b6-4+. The molecule has 1 saturated heterocycles. The number of methoxy groups -OCH3 is 1. The zero-order valence-electron chi connectivity index (χ0n) is 14.0. The van der Waals surface area contributed by atoms with Gasteiger partial charge in [-0.1, -0.05) is 30.4 Å².